The van der Waals surface area contributed by atoms with Gasteiger partial charge in [-0.15, -0.1) is 0 Å². The number of carbonyl (C=O) groups excluding carboxylic acids is 1. The number of nitrogens with one attached hydrogen (secondary N) is 2. The summed E-state index contributed by atoms with van der Waals surface area (Å²) in [6, 6.07) is 11.1. The molecule has 23 heavy (non-hydrogen) atoms. The molecule has 0 aliphatic heterocycles. The Morgan fingerprint density at radius 2 is 2.00 bits per heavy atom. The van der Waals surface area contributed by atoms with E-state index in [9.17, 15) is 4.79 Å². The lowest BCUT2D eigenvalue weighted by atomic mass is 10.1. The molecule has 0 unspecified atom stereocenters. The van der Waals surface area contributed by atoms with Crippen molar-refractivity contribution >= 4 is 11.7 Å². The molecule has 0 aliphatic carbocycles. The summed E-state index contributed by atoms with van der Waals surface area (Å²) < 4.78 is 10.3. The minimum Gasteiger partial charge on any atom is -0.475 e. The van der Waals surface area contributed by atoms with E-state index in [4.69, 9.17) is 9.47 Å². The number of amides is 2. The second-order valence-electron chi connectivity index (χ2n) is 4.96. The molecule has 0 aliphatic rings. The van der Waals surface area contributed by atoms with E-state index in [1.54, 1.807) is 25.4 Å². The van der Waals surface area contributed by atoms with Gasteiger partial charge in [0, 0.05) is 19.7 Å². The predicted octanol–water partition coefficient (Wildman–Crippen LogP) is 2.74. The van der Waals surface area contributed by atoms with Crippen molar-refractivity contribution in [2.45, 2.75) is 13.5 Å². The Morgan fingerprint density at radius 1 is 1.17 bits per heavy atom. The number of hydrogen-bond donors (Lipinski definition) is 2. The van der Waals surface area contributed by atoms with Crippen LogP contribution in [0.4, 0.5) is 10.5 Å². The first-order valence-corrected chi connectivity index (χ1v) is 7.36. The zero-order valence-corrected chi connectivity index (χ0v) is 13.3. The lowest BCUT2D eigenvalue weighted by Crippen LogP contribution is -2.28. The van der Waals surface area contributed by atoms with Gasteiger partial charge in [-0.2, -0.15) is 0 Å². The highest BCUT2D eigenvalue weighted by Gasteiger charge is 2.04. The monoisotopic (exact) mass is 315 g/mol. The van der Waals surface area contributed by atoms with Crippen LogP contribution in [-0.2, 0) is 11.3 Å². The summed E-state index contributed by atoms with van der Waals surface area (Å²) in [4.78, 5) is 16.0. The number of carbonyl (C=O) groups is 1. The van der Waals surface area contributed by atoms with E-state index in [-0.39, 0.29) is 6.03 Å². The number of aryl methyl sites for hydroxylation is 1. The van der Waals surface area contributed by atoms with Crippen LogP contribution in [0.5, 0.6) is 5.88 Å². The number of aromatic nitrogens is 1. The standard InChI is InChI=1S/C17H21N3O3/c1-13-5-3-4-6-14(13)11-19-17(21)20-15-7-8-16(18-12-15)23-10-9-22-2/h3-8,12H,9-11H2,1-2H3,(H2,19,20,21). The summed E-state index contributed by atoms with van der Waals surface area (Å²) in [6.07, 6.45) is 1.55. The van der Waals surface area contributed by atoms with Crippen LogP contribution < -0.4 is 15.4 Å². The molecule has 2 aromatic rings. The molecule has 0 fully saturated rings. The number of rotatable bonds is 7. The highest BCUT2D eigenvalue weighted by Crippen LogP contribution is 2.11. The van der Waals surface area contributed by atoms with Gasteiger partial charge in [-0.1, -0.05) is 24.3 Å². The molecule has 1 aromatic heterocycles. The molecule has 2 N–H and O–H groups in total. The van der Waals surface area contributed by atoms with Gasteiger partial charge in [0.25, 0.3) is 0 Å². The Bertz CT molecular complexity index is 629. The van der Waals surface area contributed by atoms with E-state index in [2.05, 4.69) is 15.6 Å². The van der Waals surface area contributed by atoms with Gasteiger partial charge < -0.3 is 20.1 Å². The van der Waals surface area contributed by atoms with Gasteiger partial charge in [-0.05, 0) is 24.1 Å². The van der Waals surface area contributed by atoms with Crippen molar-refractivity contribution in [3.05, 3.63) is 53.7 Å². The quantitative estimate of drug-likeness (QED) is 0.771. The molecule has 2 rings (SSSR count). The lowest BCUT2D eigenvalue weighted by Gasteiger charge is -2.10. The minimum atomic E-state index is -0.275. The van der Waals surface area contributed by atoms with Crippen molar-refractivity contribution in [1.82, 2.24) is 10.3 Å². The second-order valence-corrected chi connectivity index (χ2v) is 4.96. The number of anilines is 1. The van der Waals surface area contributed by atoms with Gasteiger partial charge in [0.15, 0.2) is 0 Å². The van der Waals surface area contributed by atoms with E-state index in [0.29, 0.717) is 31.3 Å². The highest BCUT2D eigenvalue weighted by molar-refractivity contribution is 5.88. The van der Waals surface area contributed by atoms with Crippen LogP contribution in [0, 0.1) is 6.92 Å². The van der Waals surface area contributed by atoms with E-state index in [0.717, 1.165) is 11.1 Å². The average molecular weight is 315 g/mol. The Hall–Kier alpha value is -2.60. The van der Waals surface area contributed by atoms with Crippen LogP contribution in [-0.4, -0.2) is 31.3 Å². The third-order valence-electron chi connectivity index (χ3n) is 3.23. The van der Waals surface area contributed by atoms with Crippen LogP contribution in [0.25, 0.3) is 0 Å². The fourth-order valence-electron chi connectivity index (χ4n) is 1.93. The number of urea groups is 1. The van der Waals surface area contributed by atoms with E-state index in [1.165, 1.54) is 0 Å². The summed E-state index contributed by atoms with van der Waals surface area (Å²) in [5.74, 6) is 0.493. The molecule has 1 heterocycles. The summed E-state index contributed by atoms with van der Waals surface area (Å²) in [7, 11) is 1.61. The lowest BCUT2D eigenvalue weighted by molar-refractivity contribution is 0.144. The Labute approximate surface area is 135 Å². The largest absolute Gasteiger partial charge is 0.475 e. The molecule has 0 saturated carbocycles. The van der Waals surface area contributed by atoms with Gasteiger partial charge in [0.05, 0.1) is 18.5 Å². The van der Waals surface area contributed by atoms with Crippen molar-refractivity contribution in [3.8, 4) is 5.88 Å². The Balaban J connectivity index is 1.80. The van der Waals surface area contributed by atoms with Gasteiger partial charge in [0.1, 0.15) is 6.61 Å². The number of benzene rings is 1. The first kappa shape index (κ1) is 16.8. The van der Waals surface area contributed by atoms with Gasteiger partial charge in [-0.3, -0.25) is 0 Å². The fourth-order valence-corrected chi connectivity index (χ4v) is 1.93. The number of ether oxygens (including phenoxy) is 2. The molecule has 0 saturated heterocycles. The maximum atomic E-state index is 11.9. The SMILES string of the molecule is COCCOc1ccc(NC(=O)NCc2ccccc2C)cn1. The number of pyridine rings is 1. The molecule has 6 heteroatoms. The highest BCUT2D eigenvalue weighted by atomic mass is 16.5. The molecule has 122 valence electrons. The number of nitrogens with zero attached hydrogens (tertiary/aromatic N) is 1. The van der Waals surface area contributed by atoms with Crippen LogP contribution in [0.15, 0.2) is 42.6 Å². The van der Waals surface area contributed by atoms with Crippen LogP contribution in [0.2, 0.25) is 0 Å². The van der Waals surface area contributed by atoms with E-state index in [1.807, 2.05) is 31.2 Å². The maximum absolute atomic E-state index is 11.9. The van der Waals surface area contributed by atoms with Gasteiger partial charge in [0.2, 0.25) is 5.88 Å². The van der Waals surface area contributed by atoms with E-state index >= 15 is 0 Å². The molecular formula is C17H21N3O3. The molecule has 1 aromatic carbocycles. The summed E-state index contributed by atoms with van der Waals surface area (Å²) >= 11 is 0. The van der Waals surface area contributed by atoms with Gasteiger partial charge >= 0.3 is 6.03 Å². The normalized spacial score (nSPS) is 10.2. The topological polar surface area (TPSA) is 72.5 Å². The number of hydrogen-bond acceptors (Lipinski definition) is 4. The van der Waals surface area contributed by atoms with Gasteiger partial charge in [-0.25, -0.2) is 9.78 Å². The summed E-state index contributed by atoms with van der Waals surface area (Å²) in [5, 5.41) is 5.55. The molecule has 0 radical (unpaired) electrons. The first-order chi connectivity index (χ1) is 11.2. The Morgan fingerprint density at radius 3 is 2.70 bits per heavy atom. The fraction of sp³-hybridized carbons (Fsp3) is 0.294. The van der Waals surface area contributed by atoms with Crippen molar-refractivity contribution in [2.75, 3.05) is 25.6 Å². The molecule has 0 atom stereocenters. The van der Waals surface area contributed by atoms with Crippen molar-refractivity contribution in [1.29, 1.82) is 0 Å². The third kappa shape index (κ3) is 5.60. The predicted molar refractivity (Wildman–Crippen MR) is 88.6 cm³/mol. The third-order valence-corrected chi connectivity index (χ3v) is 3.23. The van der Waals surface area contributed by atoms with Crippen LogP contribution >= 0.6 is 0 Å². The smallest absolute Gasteiger partial charge is 0.319 e. The van der Waals surface area contributed by atoms with Crippen molar-refractivity contribution in [2.24, 2.45) is 0 Å². The maximum Gasteiger partial charge on any atom is 0.319 e. The molecule has 6 nitrogen and oxygen atoms in total. The van der Waals surface area contributed by atoms with E-state index < -0.39 is 0 Å². The van der Waals surface area contributed by atoms with Crippen molar-refractivity contribution in [3.63, 3.8) is 0 Å². The number of methoxy groups -OCH3 is 1. The second kappa shape index (κ2) is 8.75. The van der Waals surface area contributed by atoms with Crippen molar-refractivity contribution < 1.29 is 14.3 Å². The minimum absolute atomic E-state index is 0.275. The molecule has 0 bridgehead atoms. The summed E-state index contributed by atoms with van der Waals surface area (Å²) in [6.45, 7) is 3.43. The zero-order valence-electron chi connectivity index (χ0n) is 13.3. The molecule has 2 amide bonds. The molecular weight excluding hydrogens is 294 g/mol. The summed E-state index contributed by atoms with van der Waals surface area (Å²) in [5.41, 5.74) is 2.83. The van der Waals surface area contributed by atoms with Crippen LogP contribution in [0.1, 0.15) is 11.1 Å². The Kier molecular flexibility index (Phi) is 6.38. The first-order valence-electron chi connectivity index (χ1n) is 7.36. The molecule has 0 spiro atoms. The van der Waals surface area contributed by atoms with Crippen LogP contribution in [0.3, 0.4) is 0 Å². The average Bonchev–Trinajstić information content (AvgIpc) is 2.56. The zero-order chi connectivity index (χ0) is 16.5.